The molecule has 0 aromatic heterocycles. The van der Waals surface area contributed by atoms with Gasteiger partial charge in [0.2, 0.25) is 0 Å². The van der Waals surface area contributed by atoms with Gasteiger partial charge in [-0.3, -0.25) is 4.79 Å². The van der Waals surface area contributed by atoms with Crippen LogP contribution in [0.3, 0.4) is 0 Å². The van der Waals surface area contributed by atoms with Gasteiger partial charge < -0.3 is 19.3 Å². The van der Waals surface area contributed by atoms with Gasteiger partial charge in [-0.25, -0.2) is 4.39 Å². The van der Waals surface area contributed by atoms with Crippen LogP contribution in [0.25, 0.3) is 0 Å². The summed E-state index contributed by atoms with van der Waals surface area (Å²) in [6.45, 7) is 2.54. The number of piperazine rings is 1. The standard InChI is InChI=1S/C19H21FN2O3/c1-24-16-5-3-4-15(13-16)21-8-10-22(11-9-21)19(23)17-12-14(20)6-7-18(17)25-2/h3-7,12-13H,8-11H2,1-2H3. The molecule has 0 atom stereocenters. The van der Waals surface area contributed by atoms with E-state index in [2.05, 4.69) is 4.90 Å². The maximum absolute atomic E-state index is 13.5. The van der Waals surface area contributed by atoms with E-state index in [0.29, 0.717) is 31.9 Å². The minimum absolute atomic E-state index is 0.207. The van der Waals surface area contributed by atoms with Gasteiger partial charge in [-0.2, -0.15) is 0 Å². The van der Waals surface area contributed by atoms with Crippen LogP contribution in [0.4, 0.5) is 10.1 Å². The molecule has 5 nitrogen and oxygen atoms in total. The van der Waals surface area contributed by atoms with Crippen molar-refractivity contribution >= 4 is 11.6 Å². The molecule has 0 N–H and O–H groups in total. The molecule has 0 aliphatic carbocycles. The second-order valence-corrected chi connectivity index (χ2v) is 5.83. The Kier molecular flexibility index (Phi) is 5.07. The fourth-order valence-electron chi connectivity index (χ4n) is 2.99. The molecule has 0 spiro atoms. The lowest BCUT2D eigenvalue weighted by atomic mass is 10.1. The Labute approximate surface area is 146 Å². The van der Waals surface area contributed by atoms with Gasteiger partial charge in [-0.15, -0.1) is 0 Å². The van der Waals surface area contributed by atoms with Crippen LogP contribution in [0.5, 0.6) is 11.5 Å². The van der Waals surface area contributed by atoms with Crippen molar-refractivity contribution in [1.29, 1.82) is 0 Å². The second-order valence-electron chi connectivity index (χ2n) is 5.83. The number of hydrogen-bond acceptors (Lipinski definition) is 4. The van der Waals surface area contributed by atoms with Gasteiger partial charge in [-0.05, 0) is 30.3 Å². The van der Waals surface area contributed by atoms with Gasteiger partial charge in [0.05, 0.1) is 19.8 Å². The predicted molar refractivity (Wildman–Crippen MR) is 94.1 cm³/mol. The Morgan fingerprint density at radius 2 is 1.76 bits per heavy atom. The van der Waals surface area contributed by atoms with Crippen molar-refractivity contribution in [3.05, 3.63) is 53.8 Å². The zero-order valence-corrected chi connectivity index (χ0v) is 14.4. The summed E-state index contributed by atoms with van der Waals surface area (Å²) < 4.78 is 24.0. The predicted octanol–water partition coefficient (Wildman–Crippen LogP) is 2.81. The zero-order chi connectivity index (χ0) is 17.8. The first-order valence-corrected chi connectivity index (χ1v) is 8.14. The molecule has 1 aliphatic rings. The average molecular weight is 344 g/mol. The van der Waals surface area contributed by atoms with Gasteiger partial charge in [0, 0.05) is 37.9 Å². The molecule has 25 heavy (non-hydrogen) atoms. The fourth-order valence-corrected chi connectivity index (χ4v) is 2.99. The fraction of sp³-hybridized carbons (Fsp3) is 0.316. The maximum atomic E-state index is 13.5. The van der Waals surface area contributed by atoms with E-state index in [1.807, 2.05) is 24.3 Å². The third kappa shape index (κ3) is 3.68. The van der Waals surface area contributed by atoms with E-state index >= 15 is 0 Å². The number of hydrogen-bond donors (Lipinski definition) is 0. The van der Waals surface area contributed by atoms with E-state index in [1.165, 1.54) is 25.3 Å². The second kappa shape index (κ2) is 7.42. The van der Waals surface area contributed by atoms with E-state index in [9.17, 15) is 9.18 Å². The topological polar surface area (TPSA) is 42.0 Å². The Balaban J connectivity index is 1.69. The van der Waals surface area contributed by atoms with E-state index in [1.54, 1.807) is 12.0 Å². The number of amides is 1. The number of ether oxygens (including phenoxy) is 2. The minimum Gasteiger partial charge on any atom is -0.497 e. The van der Waals surface area contributed by atoms with Crippen molar-refractivity contribution in [3.63, 3.8) is 0 Å². The van der Waals surface area contributed by atoms with Crippen molar-refractivity contribution in [2.45, 2.75) is 0 Å². The highest BCUT2D eigenvalue weighted by atomic mass is 19.1. The summed E-state index contributed by atoms with van der Waals surface area (Å²) in [5, 5.41) is 0. The van der Waals surface area contributed by atoms with Gasteiger partial charge in [0.25, 0.3) is 5.91 Å². The van der Waals surface area contributed by atoms with Gasteiger partial charge in [-0.1, -0.05) is 6.07 Å². The van der Waals surface area contributed by atoms with Gasteiger partial charge >= 0.3 is 0 Å². The molecule has 1 saturated heterocycles. The van der Waals surface area contributed by atoms with Crippen molar-refractivity contribution in [2.24, 2.45) is 0 Å². The molecule has 0 unspecified atom stereocenters. The molecular weight excluding hydrogens is 323 g/mol. The molecule has 2 aromatic rings. The van der Waals surface area contributed by atoms with Crippen LogP contribution in [0.15, 0.2) is 42.5 Å². The Bertz CT molecular complexity index is 758. The third-order valence-corrected chi connectivity index (χ3v) is 4.38. The monoisotopic (exact) mass is 344 g/mol. The van der Waals surface area contributed by atoms with Crippen molar-refractivity contribution in [3.8, 4) is 11.5 Å². The first-order chi connectivity index (χ1) is 12.1. The summed E-state index contributed by atoms with van der Waals surface area (Å²) in [6.07, 6.45) is 0. The summed E-state index contributed by atoms with van der Waals surface area (Å²) in [5.41, 5.74) is 1.33. The number of rotatable bonds is 4. The van der Waals surface area contributed by atoms with Crippen LogP contribution < -0.4 is 14.4 Å². The number of halogens is 1. The zero-order valence-electron chi connectivity index (χ0n) is 14.4. The lowest BCUT2D eigenvalue weighted by Gasteiger charge is -2.36. The van der Waals surface area contributed by atoms with Crippen LogP contribution in [0.2, 0.25) is 0 Å². The molecule has 3 rings (SSSR count). The Morgan fingerprint density at radius 3 is 2.44 bits per heavy atom. The Hall–Kier alpha value is -2.76. The molecule has 132 valence electrons. The normalized spacial score (nSPS) is 14.4. The molecule has 1 aliphatic heterocycles. The van der Waals surface area contributed by atoms with Crippen LogP contribution in [-0.4, -0.2) is 51.2 Å². The number of benzene rings is 2. The minimum atomic E-state index is -0.445. The highest BCUT2D eigenvalue weighted by Crippen LogP contribution is 2.24. The number of carbonyl (C=O) groups is 1. The summed E-state index contributed by atoms with van der Waals surface area (Å²) in [7, 11) is 3.12. The molecule has 2 aromatic carbocycles. The van der Waals surface area contributed by atoms with Crippen LogP contribution in [0.1, 0.15) is 10.4 Å². The molecule has 0 saturated carbocycles. The smallest absolute Gasteiger partial charge is 0.257 e. The van der Waals surface area contributed by atoms with Crippen molar-refractivity contribution in [2.75, 3.05) is 45.3 Å². The maximum Gasteiger partial charge on any atom is 0.257 e. The quantitative estimate of drug-likeness (QED) is 0.855. The average Bonchev–Trinajstić information content (AvgIpc) is 2.67. The number of nitrogens with zero attached hydrogens (tertiary/aromatic N) is 2. The van der Waals surface area contributed by atoms with Crippen LogP contribution >= 0.6 is 0 Å². The molecule has 1 amide bonds. The number of carbonyl (C=O) groups excluding carboxylic acids is 1. The molecule has 1 fully saturated rings. The SMILES string of the molecule is COc1cccc(N2CCN(C(=O)c3cc(F)ccc3OC)CC2)c1. The molecular formula is C19H21FN2O3. The highest BCUT2D eigenvalue weighted by molar-refractivity contribution is 5.97. The molecule has 0 radical (unpaired) electrons. The number of anilines is 1. The van der Waals surface area contributed by atoms with E-state index < -0.39 is 5.82 Å². The molecule has 1 heterocycles. The summed E-state index contributed by atoms with van der Waals surface area (Å²) >= 11 is 0. The lowest BCUT2D eigenvalue weighted by molar-refractivity contribution is 0.0743. The Morgan fingerprint density at radius 1 is 1.00 bits per heavy atom. The van der Waals surface area contributed by atoms with Crippen LogP contribution in [-0.2, 0) is 0 Å². The van der Waals surface area contributed by atoms with Crippen molar-refractivity contribution in [1.82, 2.24) is 4.90 Å². The first-order valence-electron chi connectivity index (χ1n) is 8.14. The van der Waals surface area contributed by atoms with Crippen LogP contribution in [0, 0.1) is 5.82 Å². The highest BCUT2D eigenvalue weighted by Gasteiger charge is 2.25. The summed E-state index contributed by atoms with van der Waals surface area (Å²) in [4.78, 5) is 16.6. The largest absolute Gasteiger partial charge is 0.497 e. The summed E-state index contributed by atoms with van der Waals surface area (Å²) in [5.74, 6) is 0.544. The van der Waals surface area contributed by atoms with Crippen molar-refractivity contribution < 1.29 is 18.7 Å². The van der Waals surface area contributed by atoms with E-state index in [0.717, 1.165) is 11.4 Å². The molecule has 6 heteroatoms. The lowest BCUT2D eigenvalue weighted by Crippen LogP contribution is -2.48. The van der Waals surface area contributed by atoms with Gasteiger partial charge in [0.1, 0.15) is 17.3 Å². The first kappa shape index (κ1) is 17.1. The number of methoxy groups -OCH3 is 2. The van der Waals surface area contributed by atoms with E-state index in [-0.39, 0.29) is 11.5 Å². The van der Waals surface area contributed by atoms with E-state index in [4.69, 9.17) is 9.47 Å². The van der Waals surface area contributed by atoms with Gasteiger partial charge in [0.15, 0.2) is 0 Å². The molecule has 0 bridgehead atoms. The summed E-state index contributed by atoms with van der Waals surface area (Å²) in [6, 6.07) is 11.9. The third-order valence-electron chi connectivity index (χ3n) is 4.38.